The highest BCUT2D eigenvalue weighted by Crippen LogP contribution is 2.22. The molecule has 0 aromatic heterocycles. The highest BCUT2D eigenvalue weighted by molar-refractivity contribution is 6.17. The van der Waals surface area contributed by atoms with Crippen LogP contribution in [0.4, 0.5) is 0 Å². The lowest BCUT2D eigenvalue weighted by Gasteiger charge is -2.10. The van der Waals surface area contributed by atoms with Gasteiger partial charge in [-0.1, -0.05) is 63.1 Å². The van der Waals surface area contributed by atoms with Crippen molar-refractivity contribution in [2.24, 2.45) is 0 Å². The van der Waals surface area contributed by atoms with Crippen LogP contribution in [0.2, 0.25) is 0 Å². The lowest BCUT2D eigenvalue weighted by atomic mass is 10.1. The fourth-order valence-corrected chi connectivity index (χ4v) is 2.40. The molecule has 0 saturated carbocycles. The van der Waals surface area contributed by atoms with Crippen molar-refractivity contribution in [1.29, 1.82) is 0 Å². The molecule has 0 radical (unpaired) electrons. The van der Waals surface area contributed by atoms with E-state index in [0.717, 1.165) is 24.3 Å². The Bertz CT molecular complexity index is 349. The molecule has 0 heterocycles. The van der Waals surface area contributed by atoms with Crippen LogP contribution < -0.4 is 4.74 Å². The molecule has 0 bridgehead atoms. The van der Waals surface area contributed by atoms with Gasteiger partial charge in [-0.3, -0.25) is 0 Å². The molecule has 1 aromatic carbocycles. The Morgan fingerprint density at radius 3 is 2.37 bits per heavy atom. The van der Waals surface area contributed by atoms with Crippen LogP contribution in [-0.2, 0) is 5.88 Å². The molecule has 0 spiro atoms. The van der Waals surface area contributed by atoms with E-state index in [1.165, 1.54) is 44.1 Å². The first-order valence-corrected chi connectivity index (χ1v) is 8.09. The summed E-state index contributed by atoms with van der Waals surface area (Å²) in [5.74, 6) is 1.47. The number of ether oxygens (including phenoxy) is 1. The normalized spacial score (nSPS) is 10.7. The zero-order chi connectivity index (χ0) is 13.9. The van der Waals surface area contributed by atoms with Crippen molar-refractivity contribution in [2.75, 3.05) is 6.61 Å². The van der Waals surface area contributed by atoms with E-state index in [2.05, 4.69) is 26.0 Å². The summed E-state index contributed by atoms with van der Waals surface area (Å²) in [6, 6.07) is 6.22. The monoisotopic (exact) mass is 282 g/mol. The molecule has 0 saturated heterocycles. The van der Waals surface area contributed by atoms with Gasteiger partial charge in [-0.2, -0.15) is 0 Å². The van der Waals surface area contributed by atoms with E-state index in [-0.39, 0.29) is 0 Å². The van der Waals surface area contributed by atoms with Crippen molar-refractivity contribution in [1.82, 2.24) is 0 Å². The van der Waals surface area contributed by atoms with Crippen molar-refractivity contribution >= 4 is 11.6 Å². The number of unbranched alkanes of at least 4 members (excludes halogenated alkanes) is 6. The second kappa shape index (κ2) is 10.1. The Balaban J connectivity index is 2.15. The molecule has 0 aliphatic rings. The fourth-order valence-electron chi connectivity index (χ4n) is 2.19. The van der Waals surface area contributed by atoms with E-state index in [4.69, 9.17) is 16.3 Å². The molecule has 0 fully saturated rings. The maximum Gasteiger partial charge on any atom is 0.123 e. The number of benzene rings is 1. The molecule has 0 atom stereocenters. The Hall–Kier alpha value is -0.690. The molecule has 108 valence electrons. The van der Waals surface area contributed by atoms with Gasteiger partial charge in [0.05, 0.1) is 12.5 Å². The lowest BCUT2D eigenvalue weighted by Crippen LogP contribution is -2.00. The topological polar surface area (TPSA) is 9.23 Å². The molecule has 1 nitrogen and oxygen atoms in total. The summed E-state index contributed by atoms with van der Waals surface area (Å²) < 4.78 is 5.83. The summed E-state index contributed by atoms with van der Waals surface area (Å²) in [6.07, 6.45) is 9.18. The van der Waals surface area contributed by atoms with Crippen LogP contribution in [-0.4, -0.2) is 6.61 Å². The number of hydrogen-bond acceptors (Lipinski definition) is 1. The smallest absolute Gasteiger partial charge is 0.123 e. The predicted octanol–water partition coefficient (Wildman–Crippen LogP) is 5.86. The summed E-state index contributed by atoms with van der Waals surface area (Å²) in [5.41, 5.74) is 2.34. The first kappa shape index (κ1) is 16.4. The maximum atomic E-state index is 5.94. The lowest BCUT2D eigenvalue weighted by molar-refractivity contribution is 0.302. The van der Waals surface area contributed by atoms with Crippen LogP contribution in [0.25, 0.3) is 0 Å². The van der Waals surface area contributed by atoms with Crippen LogP contribution in [0.3, 0.4) is 0 Å². The van der Waals surface area contributed by atoms with Crippen LogP contribution in [0.1, 0.15) is 63.0 Å². The number of halogens is 1. The SMILES string of the molecule is CCCCCCCCCOc1ccc(C)cc1CCl. The Kier molecular flexibility index (Phi) is 8.73. The minimum absolute atomic E-state index is 0.522. The minimum Gasteiger partial charge on any atom is -0.493 e. The molecule has 19 heavy (non-hydrogen) atoms. The van der Waals surface area contributed by atoms with E-state index in [0.29, 0.717) is 5.88 Å². The van der Waals surface area contributed by atoms with Crippen LogP contribution in [0.15, 0.2) is 18.2 Å². The third kappa shape index (κ3) is 6.87. The molecule has 1 aromatic rings. The molecule has 0 N–H and O–H groups in total. The number of hydrogen-bond donors (Lipinski definition) is 0. The molecular weight excluding hydrogens is 256 g/mol. The largest absolute Gasteiger partial charge is 0.493 e. The molecule has 2 heteroatoms. The first-order valence-electron chi connectivity index (χ1n) is 7.56. The third-order valence-corrected chi connectivity index (χ3v) is 3.65. The van der Waals surface area contributed by atoms with E-state index >= 15 is 0 Å². The average Bonchev–Trinajstić information content (AvgIpc) is 2.43. The van der Waals surface area contributed by atoms with Gasteiger partial charge in [-0.15, -0.1) is 11.6 Å². The number of alkyl halides is 1. The maximum absolute atomic E-state index is 5.94. The van der Waals surface area contributed by atoms with Crippen LogP contribution >= 0.6 is 11.6 Å². The fraction of sp³-hybridized carbons (Fsp3) is 0.647. The van der Waals surface area contributed by atoms with Crippen LogP contribution in [0, 0.1) is 6.92 Å². The molecule has 0 unspecified atom stereocenters. The van der Waals surface area contributed by atoms with Gasteiger partial charge in [0.2, 0.25) is 0 Å². The zero-order valence-electron chi connectivity index (χ0n) is 12.4. The van der Waals surface area contributed by atoms with E-state index < -0.39 is 0 Å². The van der Waals surface area contributed by atoms with Crippen molar-refractivity contribution in [3.8, 4) is 5.75 Å². The standard InChI is InChI=1S/C17H27ClO/c1-3-4-5-6-7-8-9-12-19-17-11-10-15(2)13-16(17)14-18/h10-11,13H,3-9,12,14H2,1-2H3. The zero-order valence-corrected chi connectivity index (χ0v) is 13.1. The van der Waals surface area contributed by atoms with Gasteiger partial charge < -0.3 is 4.74 Å². The van der Waals surface area contributed by atoms with Gasteiger partial charge in [0, 0.05) is 5.56 Å². The molecular formula is C17H27ClO. The minimum atomic E-state index is 0.522. The highest BCUT2D eigenvalue weighted by atomic mass is 35.5. The second-order valence-corrected chi connectivity index (χ2v) is 5.48. The second-order valence-electron chi connectivity index (χ2n) is 5.21. The van der Waals surface area contributed by atoms with Crippen molar-refractivity contribution in [2.45, 2.75) is 64.7 Å². The van der Waals surface area contributed by atoms with E-state index in [1.807, 2.05) is 6.07 Å². The van der Waals surface area contributed by atoms with Gasteiger partial charge in [-0.25, -0.2) is 0 Å². The average molecular weight is 283 g/mol. The molecule has 0 amide bonds. The summed E-state index contributed by atoms with van der Waals surface area (Å²) >= 11 is 5.94. The predicted molar refractivity (Wildman–Crippen MR) is 84.2 cm³/mol. The molecule has 1 rings (SSSR count). The van der Waals surface area contributed by atoms with Gasteiger partial charge in [-0.05, 0) is 19.4 Å². The Labute approximate surface area is 123 Å². The number of aryl methyl sites for hydroxylation is 1. The first-order chi connectivity index (χ1) is 9.27. The van der Waals surface area contributed by atoms with Crippen LogP contribution in [0.5, 0.6) is 5.75 Å². The van der Waals surface area contributed by atoms with E-state index in [1.54, 1.807) is 0 Å². The molecule has 0 aliphatic heterocycles. The Morgan fingerprint density at radius 2 is 1.68 bits per heavy atom. The van der Waals surface area contributed by atoms with E-state index in [9.17, 15) is 0 Å². The summed E-state index contributed by atoms with van der Waals surface area (Å²) in [6.45, 7) is 5.14. The van der Waals surface area contributed by atoms with Gasteiger partial charge in [0.25, 0.3) is 0 Å². The quantitative estimate of drug-likeness (QED) is 0.385. The van der Waals surface area contributed by atoms with Crippen molar-refractivity contribution < 1.29 is 4.74 Å². The summed E-state index contributed by atoms with van der Waals surface area (Å²) in [5, 5.41) is 0. The van der Waals surface area contributed by atoms with Gasteiger partial charge >= 0.3 is 0 Å². The summed E-state index contributed by atoms with van der Waals surface area (Å²) in [4.78, 5) is 0. The molecule has 0 aliphatic carbocycles. The number of rotatable bonds is 10. The highest BCUT2D eigenvalue weighted by Gasteiger charge is 2.02. The Morgan fingerprint density at radius 1 is 1.00 bits per heavy atom. The van der Waals surface area contributed by atoms with Crippen molar-refractivity contribution in [3.05, 3.63) is 29.3 Å². The van der Waals surface area contributed by atoms with Crippen molar-refractivity contribution in [3.63, 3.8) is 0 Å². The van der Waals surface area contributed by atoms with Gasteiger partial charge in [0.15, 0.2) is 0 Å². The third-order valence-electron chi connectivity index (χ3n) is 3.37. The van der Waals surface area contributed by atoms with Gasteiger partial charge in [0.1, 0.15) is 5.75 Å². The summed E-state index contributed by atoms with van der Waals surface area (Å²) in [7, 11) is 0.